The SMILES string of the molecule is CCc1ccccc1NC(=O)CN(C)C(=O)c1ccc(Cn2ccccc2=O)o1. The molecule has 150 valence electrons. The van der Waals surface area contributed by atoms with E-state index in [0.717, 1.165) is 17.7 Å². The van der Waals surface area contributed by atoms with Crippen molar-refractivity contribution in [3.05, 3.63) is 88.2 Å². The maximum atomic E-state index is 12.6. The van der Waals surface area contributed by atoms with Gasteiger partial charge in [-0.2, -0.15) is 0 Å². The van der Waals surface area contributed by atoms with Gasteiger partial charge in [-0.15, -0.1) is 0 Å². The molecule has 0 bridgehead atoms. The Labute approximate surface area is 168 Å². The van der Waals surface area contributed by atoms with E-state index in [-0.39, 0.29) is 30.3 Å². The summed E-state index contributed by atoms with van der Waals surface area (Å²) in [6, 6.07) is 15.6. The zero-order valence-corrected chi connectivity index (χ0v) is 16.4. The van der Waals surface area contributed by atoms with Gasteiger partial charge in [-0.25, -0.2) is 0 Å². The van der Waals surface area contributed by atoms with Crippen LogP contribution >= 0.6 is 0 Å². The third-order valence-corrected chi connectivity index (χ3v) is 4.50. The van der Waals surface area contributed by atoms with Gasteiger partial charge in [0, 0.05) is 25.0 Å². The van der Waals surface area contributed by atoms with Crippen LogP contribution in [-0.2, 0) is 17.8 Å². The highest BCUT2D eigenvalue weighted by molar-refractivity contribution is 5.98. The maximum absolute atomic E-state index is 12.6. The summed E-state index contributed by atoms with van der Waals surface area (Å²) >= 11 is 0. The molecular formula is C22H23N3O4. The van der Waals surface area contributed by atoms with Crippen molar-refractivity contribution in [3.8, 4) is 0 Å². The first-order valence-electron chi connectivity index (χ1n) is 9.35. The second-order valence-electron chi connectivity index (χ2n) is 6.65. The number of pyridine rings is 1. The number of anilines is 1. The predicted octanol–water partition coefficient (Wildman–Crippen LogP) is 2.76. The van der Waals surface area contributed by atoms with Gasteiger partial charge in [0.2, 0.25) is 5.91 Å². The number of carbonyl (C=O) groups is 2. The molecule has 7 nitrogen and oxygen atoms in total. The van der Waals surface area contributed by atoms with Gasteiger partial charge >= 0.3 is 0 Å². The summed E-state index contributed by atoms with van der Waals surface area (Å²) in [6.45, 7) is 2.13. The molecule has 0 atom stereocenters. The molecule has 0 radical (unpaired) electrons. The third-order valence-electron chi connectivity index (χ3n) is 4.50. The smallest absolute Gasteiger partial charge is 0.289 e. The maximum Gasteiger partial charge on any atom is 0.289 e. The van der Waals surface area contributed by atoms with E-state index in [1.807, 2.05) is 31.2 Å². The van der Waals surface area contributed by atoms with E-state index in [1.165, 1.54) is 22.6 Å². The number of likely N-dealkylation sites (N-methyl/N-ethyl adjacent to an activating group) is 1. The lowest BCUT2D eigenvalue weighted by atomic mass is 10.1. The molecule has 0 fully saturated rings. The minimum Gasteiger partial charge on any atom is -0.454 e. The summed E-state index contributed by atoms with van der Waals surface area (Å²) in [6.07, 6.45) is 2.45. The molecule has 0 aliphatic heterocycles. The van der Waals surface area contributed by atoms with Gasteiger partial charge in [0.15, 0.2) is 5.76 Å². The molecule has 3 rings (SSSR count). The predicted molar refractivity (Wildman–Crippen MR) is 110 cm³/mol. The number of benzene rings is 1. The quantitative estimate of drug-likeness (QED) is 0.669. The fraction of sp³-hybridized carbons (Fsp3) is 0.227. The van der Waals surface area contributed by atoms with Crippen LogP contribution < -0.4 is 10.9 Å². The average molecular weight is 393 g/mol. The van der Waals surface area contributed by atoms with Crippen molar-refractivity contribution in [1.82, 2.24) is 9.47 Å². The van der Waals surface area contributed by atoms with Crippen molar-refractivity contribution >= 4 is 17.5 Å². The van der Waals surface area contributed by atoms with Gasteiger partial charge in [0.25, 0.3) is 11.5 Å². The van der Waals surface area contributed by atoms with E-state index < -0.39 is 5.91 Å². The number of furan rings is 1. The molecule has 7 heteroatoms. The van der Waals surface area contributed by atoms with Crippen molar-refractivity contribution in [2.45, 2.75) is 19.9 Å². The summed E-state index contributed by atoms with van der Waals surface area (Å²) in [5, 5.41) is 2.84. The number of aryl methyl sites for hydroxylation is 1. The van der Waals surface area contributed by atoms with Crippen molar-refractivity contribution in [1.29, 1.82) is 0 Å². The highest BCUT2D eigenvalue weighted by Crippen LogP contribution is 2.16. The van der Waals surface area contributed by atoms with Crippen molar-refractivity contribution in [2.75, 3.05) is 18.9 Å². The van der Waals surface area contributed by atoms with Gasteiger partial charge in [-0.1, -0.05) is 31.2 Å². The van der Waals surface area contributed by atoms with Crippen LogP contribution in [0.2, 0.25) is 0 Å². The standard InChI is InChI=1S/C22H23N3O4/c1-3-16-8-4-5-9-18(16)23-20(26)15-24(2)22(28)19-12-11-17(29-19)14-25-13-7-6-10-21(25)27/h4-13H,3,14-15H2,1-2H3,(H,23,26). The fourth-order valence-corrected chi connectivity index (χ4v) is 2.95. The molecule has 2 heterocycles. The molecule has 0 saturated heterocycles. The summed E-state index contributed by atoms with van der Waals surface area (Å²) in [5.41, 5.74) is 1.62. The van der Waals surface area contributed by atoms with Crippen LogP contribution in [0.5, 0.6) is 0 Å². The first-order chi connectivity index (χ1) is 14.0. The highest BCUT2D eigenvalue weighted by atomic mass is 16.4. The number of hydrogen-bond acceptors (Lipinski definition) is 4. The molecule has 0 spiro atoms. The van der Waals surface area contributed by atoms with Gasteiger partial charge < -0.3 is 19.2 Å². The van der Waals surface area contributed by atoms with Crippen LogP contribution in [0.15, 0.2) is 70.0 Å². The number of amides is 2. The summed E-state index contributed by atoms with van der Waals surface area (Å²) in [7, 11) is 1.54. The van der Waals surface area contributed by atoms with Gasteiger partial charge in [0.05, 0.1) is 13.1 Å². The number of para-hydroxylation sites is 1. The zero-order chi connectivity index (χ0) is 20.8. The fourth-order valence-electron chi connectivity index (χ4n) is 2.95. The average Bonchev–Trinajstić information content (AvgIpc) is 3.18. The summed E-state index contributed by atoms with van der Waals surface area (Å²) in [4.78, 5) is 38.0. The molecule has 29 heavy (non-hydrogen) atoms. The highest BCUT2D eigenvalue weighted by Gasteiger charge is 2.19. The van der Waals surface area contributed by atoms with Crippen LogP contribution in [0.25, 0.3) is 0 Å². The monoisotopic (exact) mass is 393 g/mol. The number of aromatic nitrogens is 1. The van der Waals surface area contributed by atoms with Gasteiger partial charge in [-0.05, 0) is 36.2 Å². The van der Waals surface area contributed by atoms with E-state index in [4.69, 9.17) is 4.42 Å². The lowest BCUT2D eigenvalue weighted by Gasteiger charge is -2.16. The molecule has 1 aromatic carbocycles. The van der Waals surface area contributed by atoms with Crippen molar-refractivity contribution < 1.29 is 14.0 Å². The van der Waals surface area contributed by atoms with Gasteiger partial charge in [0.1, 0.15) is 5.76 Å². The third kappa shape index (κ3) is 5.01. The Hall–Kier alpha value is -3.61. The summed E-state index contributed by atoms with van der Waals surface area (Å²) < 4.78 is 7.06. The summed E-state index contributed by atoms with van der Waals surface area (Å²) in [5.74, 6) is -0.0930. The van der Waals surface area contributed by atoms with Crippen LogP contribution in [0.1, 0.15) is 28.8 Å². The number of nitrogens with one attached hydrogen (secondary N) is 1. The van der Waals surface area contributed by atoms with Crippen LogP contribution in [0.3, 0.4) is 0 Å². The van der Waals surface area contributed by atoms with E-state index >= 15 is 0 Å². The van der Waals surface area contributed by atoms with E-state index in [0.29, 0.717) is 5.76 Å². The Morgan fingerprint density at radius 3 is 2.59 bits per heavy atom. The number of carbonyl (C=O) groups excluding carboxylic acids is 2. The zero-order valence-electron chi connectivity index (χ0n) is 16.4. The van der Waals surface area contributed by atoms with Gasteiger partial charge in [-0.3, -0.25) is 14.4 Å². The molecule has 2 aromatic heterocycles. The van der Waals surface area contributed by atoms with Crippen molar-refractivity contribution in [3.63, 3.8) is 0 Å². The van der Waals surface area contributed by atoms with Crippen LogP contribution in [-0.4, -0.2) is 34.9 Å². The number of nitrogens with zero attached hydrogens (tertiary/aromatic N) is 2. The van der Waals surface area contributed by atoms with E-state index in [1.54, 1.807) is 30.5 Å². The second-order valence-corrected chi connectivity index (χ2v) is 6.65. The Bertz CT molecular complexity index is 1070. The Morgan fingerprint density at radius 2 is 1.83 bits per heavy atom. The lowest BCUT2D eigenvalue weighted by molar-refractivity contribution is -0.116. The molecule has 0 saturated carbocycles. The molecule has 0 aliphatic carbocycles. The molecule has 2 amide bonds. The molecule has 0 unspecified atom stereocenters. The van der Waals surface area contributed by atoms with Crippen LogP contribution in [0, 0.1) is 0 Å². The topological polar surface area (TPSA) is 84.5 Å². The first-order valence-corrected chi connectivity index (χ1v) is 9.35. The van der Waals surface area contributed by atoms with E-state index in [9.17, 15) is 14.4 Å². The Morgan fingerprint density at radius 1 is 1.07 bits per heavy atom. The van der Waals surface area contributed by atoms with E-state index in [2.05, 4.69) is 5.32 Å². The lowest BCUT2D eigenvalue weighted by Crippen LogP contribution is -2.34. The first kappa shape index (κ1) is 20.1. The molecule has 0 aliphatic rings. The molecular weight excluding hydrogens is 370 g/mol. The van der Waals surface area contributed by atoms with Crippen molar-refractivity contribution in [2.24, 2.45) is 0 Å². The normalized spacial score (nSPS) is 10.6. The van der Waals surface area contributed by atoms with Crippen LogP contribution in [0.4, 0.5) is 5.69 Å². The second kappa shape index (κ2) is 9.05. The molecule has 1 N–H and O–H groups in total. The number of hydrogen-bond donors (Lipinski definition) is 1. The Balaban J connectivity index is 1.61. The Kier molecular flexibility index (Phi) is 6.29. The minimum atomic E-state index is -0.407. The molecule has 3 aromatic rings. The number of rotatable bonds is 7. The minimum absolute atomic E-state index is 0.106. The largest absolute Gasteiger partial charge is 0.454 e.